The number of carbonyl (C=O) groups is 2. The smallest absolute Gasteiger partial charge is 0.336 e. The average molecular weight is 413 g/mol. The number of nitrogens with zero attached hydrogens (tertiary/aromatic N) is 1. The first-order chi connectivity index (χ1) is 14.3. The largest absolute Gasteiger partial charge is 0.462 e. The number of carbonyl (C=O) groups excluding carboxylic acids is 2. The van der Waals surface area contributed by atoms with E-state index in [1.807, 2.05) is 13.8 Å². The van der Waals surface area contributed by atoms with E-state index in [1.54, 1.807) is 31.2 Å². The zero-order chi connectivity index (χ0) is 21.8. The van der Waals surface area contributed by atoms with Crippen LogP contribution < -0.4 is 0 Å². The molecule has 1 aliphatic heterocycles. The van der Waals surface area contributed by atoms with Gasteiger partial charge in [0.05, 0.1) is 18.7 Å². The predicted octanol–water partition coefficient (Wildman–Crippen LogP) is 4.95. The third-order valence-electron chi connectivity index (χ3n) is 5.09. The first kappa shape index (κ1) is 21.7. The van der Waals surface area contributed by atoms with E-state index < -0.39 is 17.7 Å². The lowest BCUT2D eigenvalue weighted by molar-refractivity contribution is -0.141. The van der Waals surface area contributed by atoms with Crippen molar-refractivity contribution in [2.24, 2.45) is 5.92 Å². The Hall–Kier alpha value is -3.02. The van der Waals surface area contributed by atoms with Gasteiger partial charge in [0.2, 0.25) is 5.91 Å². The molecule has 1 amide bonds. The summed E-state index contributed by atoms with van der Waals surface area (Å²) >= 11 is 0. The van der Waals surface area contributed by atoms with Gasteiger partial charge in [0.1, 0.15) is 11.6 Å². The van der Waals surface area contributed by atoms with Crippen molar-refractivity contribution >= 4 is 11.9 Å². The predicted molar refractivity (Wildman–Crippen MR) is 109 cm³/mol. The van der Waals surface area contributed by atoms with Crippen LogP contribution >= 0.6 is 0 Å². The van der Waals surface area contributed by atoms with Crippen LogP contribution in [-0.4, -0.2) is 23.4 Å². The minimum Gasteiger partial charge on any atom is -0.462 e. The molecule has 0 N–H and O–H groups in total. The van der Waals surface area contributed by atoms with Crippen molar-refractivity contribution in [2.75, 3.05) is 6.61 Å². The van der Waals surface area contributed by atoms with Crippen molar-refractivity contribution < 1.29 is 23.1 Å². The minimum atomic E-state index is -0.526. The number of rotatable bonds is 6. The van der Waals surface area contributed by atoms with E-state index in [0.717, 1.165) is 0 Å². The normalized spacial score (nSPS) is 16.9. The molecule has 2 aromatic carbocycles. The molecule has 1 atom stereocenters. The van der Waals surface area contributed by atoms with Gasteiger partial charge in [-0.1, -0.05) is 38.1 Å². The van der Waals surface area contributed by atoms with Crippen LogP contribution in [0.25, 0.3) is 0 Å². The maximum absolute atomic E-state index is 13.6. The van der Waals surface area contributed by atoms with E-state index in [0.29, 0.717) is 22.4 Å². The van der Waals surface area contributed by atoms with Crippen molar-refractivity contribution in [2.45, 2.75) is 39.7 Å². The zero-order valence-electron chi connectivity index (χ0n) is 17.3. The summed E-state index contributed by atoms with van der Waals surface area (Å²) < 4.78 is 32.5. The van der Waals surface area contributed by atoms with Crippen molar-refractivity contribution in [3.8, 4) is 0 Å². The fraction of sp³-hybridized carbons (Fsp3) is 0.333. The van der Waals surface area contributed by atoms with Gasteiger partial charge in [0.15, 0.2) is 0 Å². The van der Waals surface area contributed by atoms with Crippen LogP contribution in [0.3, 0.4) is 0 Å². The van der Waals surface area contributed by atoms with E-state index in [2.05, 4.69) is 0 Å². The van der Waals surface area contributed by atoms with Gasteiger partial charge in [0.25, 0.3) is 0 Å². The van der Waals surface area contributed by atoms with Crippen molar-refractivity contribution in [1.29, 1.82) is 0 Å². The summed E-state index contributed by atoms with van der Waals surface area (Å²) in [6.45, 7) is 5.97. The number of hydrogen-bond acceptors (Lipinski definition) is 3. The minimum absolute atomic E-state index is 0.0460. The molecule has 0 aromatic heterocycles. The zero-order valence-corrected chi connectivity index (χ0v) is 17.3. The molecule has 0 saturated carbocycles. The molecular weight excluding hydrogens is 388 g/mol. The van der Waals surface area contributed by atoms with Gasteiger partial charge < -0.3 is 9.64 Å². The maximum atomic E-state index is 13.6. The molecule has 3 rings (SSSR count). The number of amides is 1. The summed E-state index contributed by atoms with van der Waals surface area (Å²) in [6.07, 6.45) is 0.0460. The Balaban J connectivity index is 2.00. The number of halogens is 2. The maximum Gasteiger partial charge on any atom is 0.336 e. The summed E-state index contributed by atoms with van der Waals surface area (Å²) in [5.74, 6) is -1.83. The number of esters is 1. The second-order valence-corrected chi connectivity index (χ2v) is 7.91. The lowest BCUT2D eigenvalue weighted by Gasteiger charge is -2.34. The molecule has 6 heteroatoms. The van der Waals surface area contributed by atoms with Crippen LogP contribution in [0, 0.1) is 17.6 Å². The second-order valence-electron chi connectivity index (χ2n) is 7.91. The average Bonchev–Trinajstić information content (AvgIpc) is 2.69. The van der Waals surface area contributed by atoms with E-state index in [9.17, 15) is 18.4 Å². The Kier molecular flexibility index (Phi) is 6.65. The van der Waals surface area contributed by atoms with Crippen LogP contribution in [0.5, 0.6) is 0 Å². The number of hydrogen-bond donors (Lipinski definition) is 0. The van der Waals surface area contributed by atoms with Gasteiger partial charge in [-0.05, 0) is 48.2 Å². The summed E-state index contributed by atoms with van der Waals surface area (Å²) in [6, 6.07) is 11.8. The Bertz CT molecular complexity index is 967. The Labute approximate surface area is 175 Å². The molecule has 0 saturated heterocycles. The van der Waals surface area contributed by atoms with E-state index >= 15 is 0 Å². The van der Waals surface area contributed by atoms with Crippen molar-refractivity contribution in [3.63, 3.8) is 0 Å². The summed E-state index contributed by atoms with van der Waals surface area (Å²) in [4.78, 5) is 27.4. The molecule has 2 aromatic rings. The third-order valence-corrected chi connectivity index (χ3v) is 5.09. The second kappa shape index (κ2) is 9.20. The fourth-order valence-electron chi connectivity index (χ4n) is 3.59. The molecule has 1 heterocycles. The number of benzene rings is 2. The van der Waals surface area contributed by atoms with Gasteiger partial charge in [0, 0.05) is 18.0 Å². The molecule has 4 nitrogen and oxygen atoms in total. The highest BCUT2D eigenvalue weighted by Crippen LogP contribution is 2.37. The van der Waals surface area contributed by atoms with Gasteiger partial charge in [-0.15, -0.1) is 0 Å². The van der Waals surface area contributed by atoms with E-state index in [-0.39, 0.29) is 37.2 Å². The molecule has 0 fully saturated rings. The van der Waals surface area contributed by atoms with Crippen LogP contribution in [0.2, 0.25) is 0 Å². The highest BCUT2D eigenvalue weighted by Gasteiger charge is 2.37. The molecule has 1 unspecified atom stereocenters. The quantitative estimate of drug-likeness (QED) is 0.630. The van der Waals surface area contributed by atoms with Gasteiger partial charge >= 0.3 is 5.97 Å². The fourth-order valence-corrected chi connectivity index (χ4v) is 3.59. The molecule has 0 radical (unpaired) electrons. The van der Waals surface area contributed by atoms with Crippen LogP contribution in [0.1, 0.15) is 44.2 Å². The summed E-state index contributed by atoms with van der Waals surface area (Å²) in [5.41, 5.74) is 2.14. The highest BCUT2D eigenvalue weighted by molar-refractivity contribution is 5.95. The van der Waals surface area contributed by atoms with Gasteiger partial charge in [-0.3, -0.25) is 4.79 Å². The molecule has 1 aliphatic rings. The van der Waals surface area contributed by atoms with Crippen LogP contribution in [0.4, 0.5) is 8.78 Å². The van der Waals surface area contributed by atoms with Gasteiger partial charge in [-0.2, -0.15) is 0 Å². The SMILES string of the molecule is CC1=C(C(=O)OCC(C)C)C(c2ccc(F)cc2)CC(=O)N1Cc1cccc(F)c1. The summed E-state index contributed by atoms with van der Waals surface area (Å²) in [5, 5.41) is 0. The van der Waals surface area contributed by atoms with Crippen molar-refractivity contribution in [3.05, 3.63) is 82.6 Å². The number of ether oxygens (including phenoxy) is 1. The monoisotopic (exact) mass is 413 g/mol. The lowest BCUT2D eigenvalue weighted by Crippen LogP contribution is -2.38. The third kappa shape index (κ3) is 4.93. The molecule has 0 aliphatic carbocycles. The highest BCUT2D eigenvalue weighted by atomic mass is 19.1. The topological polar surface area (TPSA) is 46.6 Å². The Morgan fingerprint density at radius 2 is 1.83 bits per heavy atom. The molecular formula is C24H25F2NO3. The van der Waals surface area contributed by atoms with E-state index in [1.165, 1.54) is 29.2 Å². The molecule has 158 valence electrons. The lowest BCUT2D eigenvalue weighted by atomic mass is 9.83. The van der Waals surface area contributed by atoms with Crippen LogP contribution in [0.15, 0.2) is 59.8 Å². The molecule has 30 heavy (non-hydrogen) atoms. The summed E-state index contributed by atoms with van der Waals surface area (Å²) in [7, 11) is 0. The number of allylic oxidation sites excluding steroid dienone is 1. The first-order valence-electron chi connectivity index (χ1n) is 9.94. The standard InChI is InChI=1S/C24H25F2NO3/c1-15(2)14-30-24(29)23-16(3)27(13-17-5-4-6-20(26)11-17)22(28)12-21(23)18-7-9-19(25)10-8-18/h4-11,15,21H,12-14H2,1-3H3. The Morgan fingerprint density at radius 1 is 1.13 bits per heavy atom. The molecule has 0 bridgehead atoms. The first-order valence-corrected chi connectivity index (χ1v) is 9.94. The van der Waals surface area contributed by atoms with Crippen LogP contribution in [-0.2, 0) is 20.9 Å². The van der Waals surface area contributed by atoms with Crippen molar-refractivity contribution in [1.82, 2.24) is 4.90 Å². The van der Waals surface area contributed by atoms with Gasteiger partial charge in [-0.25, -0.2) is 13.6 Å². The van der Waals surface area contributed by atoms with E-state index in [4.69, 9.17) is 4.74 Å². The molecule has 0 spiro atoms. The Morgan fingerprint density at radius 3 is 2.47 bits per heavy atom.